The number of hydrogen-bond acceptors (Lipinski definition) is 3. The van der Waals surface area contributed by atoms with Crippen LogP contribution in [0.3, 0.4) is 0 Å². The van der Waals surface area contributed by atoms with E-state index in [-0.39, 0.29) is 17.5 Å². The van der Waals surface area contributed by atoms with Crippen molar-refractivity contribution in [3.05, 3.63) is 33.8 Å². The van der Waals surface area contributed by atoms with E-state index in [1.54, 1.807) is 6.92 Å². The lowest BCUT2D eigenvalue weighted by atomic mass is 10.0. The number of aryl methyl sites for hydroxylation is 1. The predicted molar refractivity (Wildman–Crippen MR) is 79.4 cm³/mol. The highest BCUT2D eigenvalue weighted by Gasteiger charge is 2.13. The number of hydrogen-bond donors (Lipinski definition) is 1. The third kappa shape index (κ3) is 4.37. The van der Waals surface area contributed by atoms with Gasteiger partial charge in [-0.1, -0.05) is 41.1 Å². The molecule has 0 saturated heterocycles. The van der Waals surface area contributed by atoms with E-state index in [9.17, 15) is 8.42 Å². The Morgan fingerprint density at radius 1 is 1.39 bits per heavy atom. The van der Waals surface area contributed by atoms with Gasteiger partial charge >= 0.3 is 0 Å². The van der Waals surface area contributed by atoms with Crippen LogP contribution >= 0.6 is 15.9 Å². The van der Waals surface area contributed by atoms with Gasteiger partial charge in [-0.05, 0) is 30.9 Å². The van der Waals surface area contributed by atoms with Crippen molar-refractivity contribution in [1.29, 1.82) is 0 Å². The summed E-state index contributed by atoms with van der Waals surface area (Å²) < 4.78 is 23.8. The molecule has 0 amide bonds. The van der Waals surface area contributed by atoms with Crippen molar-refractivity contribution in [3.8, 4) is 0 Å². The Hall–Kier alpha value is -0.390. The highest BCUT2D eigenvalue weighted by atomic mass is 79.9. The highest BCUT2D eigenvalue weighted by Crippen LogP contribution is 2.27. The van der Waals surface area contributed by atoms with Crippen LogP contribution in [0.1, 0.15) is 36.9 Å². The van der Waals surface area contributed by atoms with Gasteiger partial charge in [-0.25, -0.2) is 8.42 Å². The first kappa shape index (κ1) is 15.7. The summed E-state index contributed by atoms with van der Waals surface area (Å²) in [6, 6.07) is 5.85. The lowest BCUT2D eigenvalue weighted by Gasteiger charge is -2.15. The first-order valence-electron chi connectivity index (χ1n) is 6.08. The second-order valence-corrected chi connectivity index (χ2v) is 7.73. The van der Waals surface area contributed by atoms with Crippen LogP contribution in [-0.2, 0) is 9.84 Å². The van der Waals surface area contributed by atoms with Crippen LogP contribution in [0.25, 0.3) is 0 Å². The number of rotatable bonds is 6. The molecule has 2 N–H and O–H groups in total. The normalized spacial score (nSPS) is 13.6. The Bertz CT molecular complexity index is 500. The van der Waals surface area contributed by atoms with E-state index in [4.69, 9.17) is 5.73 Å². The molecule has 0 radical (unpaired) electrons. The van der Waals surface area contributed by atoms with Crippen LogP contribution in [0.4, 0.5) is 0 Å². The Balaban J connectivity index is 2.61. The third-order valence-corrected chi connectivity index (χ3v) is 5.91. The first-order valence-corrected chi connectivity index (χ1v) is 8.70. The van der Waals surface area contributed by atoms with Gasteiger partial charge in [0.1, 0.15) is 9.84 Å². The van der Waals surface area contributed by atoms with Gasteiger partial charge in [0, 0.05) is 16.3 Å². The van der Waals surface area contributed by atoms with Crippen LogP contribution in [0, 0.1) is 6.92 Å². The van der Waals surface area contributed by atoms with Crippen molar-refractivity contribution in [2.45, 2.75) is 32.7 Å². The molecule has 0 saturated carbocycles. The summed E-state index contributed by atoms with van der Waals surface area (Å²) in [5.41, 5.74) is 8.30. The monoisotopic (exact) mass is 333 g/mol. The third-order valence-electron chi connectivity index (χ3n) is 3.03. The molecular weight excluding hydrogens is 314 g/mol. The van der Waals surface area contributed by atoms with E-state index in [1.807, 2.05) is 25.1 Å². The molecule has 1 aromatic rings. The second kappa shape index (κ2) is 6.68. The molecule has 0 fully saturated rings. The summed E-state index contributed by atoms with van der Waals surface area (Å²) in [4.78, 5) is 0. The van der Waals surface area contributed by atoms with Crippen molar-refractivity contribution >= 4 is 25.8 Å². The molecule has 0 heterocycles. The van der Waals surface area contributed by atoms with Gasteiger partial charge < -0.3 is 5.73 Å². The van der Waals surface area contributed by atoms with Crippen LogP contribution in [-0.4, -0.2) is 19.9 Å². The molecule has 5 heteroatoms. The quantitative estimate of drug-likeness (QED) is 0.870. The average molecular weight is 334 g/mol. The average Bonchev–Trinajstić information content (AvgIpc) is 2.32. The first-order chi connectivity index (χ1) is 8.37. The van der Waals surface area contributed by atoms with E-state index in [2.05, 4.69) is 15.9 Å². The zero-order chi connectivity index (χ0) is 13.8. The molecule has 0 bridgehead atoms. The number of benzene rings is 1. The maximum Gasteiger partial charge on any atom is 0.150 e. The zero-order valence-corrected chi connectivity index (χ0v) is 13.2. The molecule has 1 unspecified atom stereocenters. The molecule has 0 aromatic heterocycles. The number of halogens is 1. The van der Waals surface area contributed by atoms with E-state index >= 15 is 0 Å². The van der Waals surface area contributed by atoms with E-state index in [0.717, 1.165) is 15.6 Å². The zero-order valence-electron chi connectivity index (χ0n) is 10.8. The number of nitrogens with two attached hydrogens (primary N) is 1. The summed E-state index contributed by atoms with van der Waals surface area (Å²) in [5.74, 6) is 0.428. The molecular formula is C13H20BrNO2S. The largest absolute Gasteiger partial charge is 0.324 e. The van der Waals surface area contributed by atoms with Crippen molar-refractivity contribution in [2.24, 2.45) is 5.73 Å². The molecule has 1 aromatic carbocycles. The highest BCUT2D eigenvalue weighted by molar-refractivity contribution is 9.10. The summed E-state index contributed by atoms with van der Waals surface area (Å²) in [5, 5.41) is 0. The number of sulfone groups is 1. The summed E-state index contributed by atoms with van der Waals surface area (Å²) in [7, 11) is -2.88. The Kier molecular flexibility index (Phi) is 5.82. The fourth-order valence-electron chi connectivity index (χ4n) is 1.78. The predicted octanol–water partition coefficient (Wildman–Crippen LogP) is 2.97. The molecule has 18 heavy (non-hydrogen) atoms. The molecule has 1 atom stereocenters. The fraction of sp³-hybridized carbons (Fsp3) is 0.538. The standard InChI is InChI=1S/C13H20BrNO2S/c1-3-18(16,17)9-5-8-12(15)11-7-4-6-10(2)13(11)14/h4,6-7,12H,3,5,8-9,15H2,1-2H3. The SMILES string of the molecule is CCS(=O)(=O)CCCC(N)c1cccc(C)c1Br. The van der Waals surface area contributed by atoms with Crippen LogP contribution in [0.2, 0.25) is 0 Å². The molecule has 0 spiro atoms. The maximum atomic E-state index is 11.4. The smallest absolute Gasteiger partial charge is 0.150 e. The van der Waals surface area contributed by atoms with Gasteiger partial charge in [0.2, 0.25) is 0 Å². The molecule has 0 aliphatic carbocycles. The summed E-state index contributed by atoms with van der Waals surface area (Å²) in [6.07, 6.45) is 1.29. The van der Waals surface area contributed by atoms with Crippen molar-refractivity contribution in [3.63, 3.8) is 0 Å². The molecule has 0 aliphatic heterocycles. The van der Waals surface area contributed by atoms with E-state index in [1.165, 1.54) is 0 Å². The van der Waals surface area contributed by atoms with Crippen molar-refractivity contribution in [1.82, 2.24) is 0 Å². The minimum atomic E-state index is -2.88. The van der Waals surface area contributed by atoms with Crippen LogP contribution in [0.5, 0.6) is 0 Å². The van der Waals surface area contributed by atoms with Crippen LogP contribution < -0.4 is 5.73 Å². The van der Waals surface area contributed by atoms with Gasteiger partial charge in [0.05, 0.1) is 5.75 Å². The Morgan fingerprint density at radius 3 is 2.67 bits per heavy atom. The Morgan fingerprint density at radius 2 is 2.06 bits per heavy atom. The lowest BCUT2D eigenvalue weighted by molar-refractivity contribution is 0.583. The summed E-state index contributed by atoms with van der Waals surface area (Å²) in [6.45, 7) is 3.69. The van der Waals surface area contributed by atoms with Crippen molar-refractivity contribution < 1.29 is 8.42 Å². The van der Waals surface area contributed by atoms with Gasteiger partial charge in [-0.2, -0.15) is 0 Å². The van der Waals surface area contributed by atoms with Gasteiger partial charge in [-0.15, -0.1) is 0 Å². The molecule has 1 rings (SSSR count). The minimum Gasteiger partial charge on any atom is -0.324 e. The summed E-state index contributed by atoms with van der Waals surface area (Å²) >= 11 is 3.53. The lowest BCUT2D eigenvalue weighted by Crippen LogP contribution is -2.15. The molecule has 102 valence electrons. The van der Waals surface area contributed by atoms with Gasteiger partial charge in [-0.3, -0.25) is 0 Å². The van der Waals surface area contributed by atoms with Crippen LogP contribution in [0.15, 0.2) is 22.7 Å². The van der Waals surface area contributed by atoms with E-state index in [0.29, 0.717) is 12.8 Å². The van der Waals surface area contributed by atoms with Gasteiger partial charge in [0.25, 0.3) is 0 Å². The minimum absolute atomic E-state index is 0.119. The van der Waals surface area contributed by atoms with E-state index < -0.39 is 9.84 Å². The van der Waals surface area contributed by atoms with Crippen molar-refractivity contribution in [2.75, 3.05) is 11.5 Å². The topological polar surface area (TPSA) is 60.2 Å². The maximum absolute atomic E-state index is 11.4. The van der Waals surface area contributed by atoms with Gasteiger partial charge in [0.15, 0.2) is 0 Å². The second-order valence-electron chi connectivity index (χ2n) is 4.46. The molecule has 0 aliphatic rings. The fourth-order valence-corrected chi connectivity index (χ4v) is 3.23. The molecule has 3 nitrogen and oxygen atoms in total. The Labute approximate surface area is 118 Å².